The molecule has 0 bridgehead atoms. The monoisotopic (exact) mass is 512 g/mol. The standard InChI is InChI=1S/C25H28F4N2O3S/c26-15-35(32,33)30-23-21(31(13-19-7-10-34-19)14-25(23)8-9-25)12-17-4-2-6-20(22(17)27)16-3-1-5-18(11-16)24(28)29/h1-6,11,19,21,23-24,30H,7-10,12-15H2/t19?,21-,23+/m0/s1. The predicted octanol–water partition coefficient (Wildman–Crippen LogP) is 4.44. The van der Waals surface area contributed by atoms with Crippen molar-refractivity contribution in [2.45, 2.75) is 50.3 Å². The Morgan fingerprint density at radius 1 is 1.17 bits per heavy atom. The molecule has 1 unspecified atom stereocenters. The van der Waals surface area contributed by atoms with E-state index in [0.29, 0.717) is 30.8 Å². The van der Waals surface area contributed by atoms with Gasteiger partial charge >= 0.3 is 0 Å². The van der Waals surface area contributed by atoms with Gasteiger partial charge in [0, 0.05) is 48.3 Å². The SMILES string of the molecule is O=S(=O)(CF)N[C@@H]1[C@H](Cc2cccc(-c3cccc(C(F)F)c3)c2F)N(CC2CCO2)CC12CC2. The third-order valence-corrected chi connectivity index (χ3v) is 8.46. The molecule has 3 fully saturated rings. The highest BCUT2D eigenvalue weighted by molar-refractivity contribution is 7.89. The second-order valence-corrected chi connectivity index (χ2v) is 11.6. The number of alkyl halides is 3. The van der Waals surface area contributed by atoms with Gasteiger partial charge in [-0.25, -0.2) is 30.7 Å². The number of likely N-dealkylation sites (tertiary alicyclic amines) is 1. The third kappa shape index (κ3) is 4.98. The number of sulfonamides is 1. The number of hydrogen-bond donors (Lipinski definition) is 1. The predicted molar refractivity (Wildman–Crippen MR) is 124 cm³/mol. The van der Waals surface area contributed by atoms with E-state index in [0.717, 1.165) is 19.3 Å². The largest absolute Gasteiger partial charge is 0.377 e. The Labute approximate surface area is 202 Å². The second-order valence-electron chi connectivity index (χ2n) is 9.87. The topological polar surface area (TPSA) is 58.6 Å². The maximum atomic E-state index is 15.7. The zero-order valence-electron chi connectivity index (χ0n) is 19.1. The molecular weight excluding hydrogens is 484 g/mol. The Bertz CT molecular complexity index is 1180. The maximum Gasteiger partial charge on any atom is 0.263 e. The van der Waals surface area contributed by atoms with Crippen molar-refractivity contribution in [2.24, 2.45) is 5.41 Å². The molecule has 5 rings (SSSR count). The molecule has 1 N–H and O–H groups in total. The molecular formula is C25H28F4N2O3S. The third-order valence-electron chi connectivity index (χ3n) is 7.56. The van der Waals surface area contributed by atoms with E-state index < -0.39 is 34.3 Å². The highest BCUT2D eigenvalue weighted by Crippen LogP contribution is 2.55. The average molecular weight is 513 g/mol. The zero-order chi connectivity index (χ0) is 24.8. The number of rotatable bonds is 9. The van der Waals surface area contributed by atoms with Gasteiger partial charge in [0.05, 0.1) is 6.10 Å². The van der Waals surface area contributed by atoms with Crippen LogP contribution in [-0.4, -0.2) is 57.2 Å². The molecule has 10 heteroatoms. The van der Waals surface area contributed by atoms with Gasteiger partial charge in [-0.05, 0) is 42.9 Å². The number of ether oxygens (including phenoxy) is 1. The van der Waals surface area contributed by atoms with Crippen LogP contribution in [0.3, 0.4) is 0 Å². The van der Waals surface area contributed by atoms with Crippen LogP contribution >= 0.6 is 0 Å². The van der Waals surface area contributed by atoms with Crippen molar-refractivity contribution < 1.29 is 30.7 Å². The first-order chi connectivity index (χ1) is 16.7. The molecule has 5 nitrogen and oxygen atoms in total. The fourth-order valence-corrected chi connectivity index (χ4v) is 6.32. The van der Waals surface area contributed by atoms with Gasteiger partial charge in [0.1, 0.15) is 5.82 Å². The zero-order valence-corrected chi connectivity index (χ0v) is 19.9. The average Bonchev–Trinajstić information content (AvgIpc) is 3.53. The first kappa shape index (κ1) is 24.7. The molecule has 1 saturated carbocycles. The lowest BCUT2D eigenvalue weighted by atomic mass is 9.91. The smallest absolute Gasteiger partial charge is 0.263 e. The summed E-state index contributed by atoms with van der Waals surface area (Å²) in [5.41, 5.74) is 0.430. The molecule has 2 aromatic carbocycles. The minimum Gasteiger partial charge on any atom is -0.377 e. The van der Waals surface area contributed by atoms with Gasteiger partial charge in [0.15, 0.2) is 0 Å². The molecule has 1 spiro atoms. The van der Waals surface area contributed by atoms with Crippen LogP contribution in [0, 0.1) is 11.2 Å². The fraction of sp³-hybridized carbons (Fsp3) is 0.520. The van der Waals surface area contributed by atoms with E-state index in [1.807, 2.05) is 0 Å². The van der Waals surface area contributed by atoms with Crippen molar-refractivity contribution >= 4 is 10.0 Å². The number of benzene rings is 2. The van der Waals surface area contributed by atoms with Crippen LogP contribution in [0.5, 0.6) is 0 Å². The lowest BCUT2D eigenvalue weighted by Crippen LogP contribution is -2.50. The van der Waals surface area contributed by atoms with Crippen molar-refractivity contribution in [3.63, 3.8) is 0 Å². The Kier molecular flexibility index (Phi) is 6.67. The van der Waals surface area contributed by atoms with E-state index in [1.165, 1.54) is 18.2 Å². The van der Waals surface area contributed by atoms with Gasteiger partial charge in [0.2, 0.25) is 16.0 Å². The Morgan fingerprint density at radius 3 is 2.54 bits per heavy atom. The van der Waals surface area contributed by atoms with Crippen molar-refractivity contribution in [3.8, 4) is 11.1 Å². The molecule has 3 atom stereocenters. The highest BCUT2D eigenvalue weighted by atomic mass is 32.2. The molecule has 0 aromatic heterocycles. The molecule has 35 heavy (non-hydrogen) atoms. The Hall–Kier alpha value is -2.01. The number of hydrogen-bond acceptors (Lipinski definition) is 4. The van der Waals surface area contributed by atoms with Crippen molar-refractivity contribution in [2.75, 3.05) is 25.7 Å². The van der Waals surface area contributed by atoms with Crippen molar-refractivity contribution in [1.29, 1.82) is 0 Å². The van der Waals surface area contributed by atoms with Crippen LogP contribution in [0.25, 0.3) is 11.1 Å². The van der Waals surface area contributed by atoms with E-state index in [1.54, 1.807) is 24.3 Å². The molecule has 1 aliphatic carbocycles. The second kappa shape index (κ2) is 9.46. The lowest BCUT2D eigenvalue weighted by Gasteiger charge is -2.35. The van der Waals surface area contributed by atoms with Crippen LogP contribution in [0.15, 0.2) is 42.5 Å². The van der Waals surface area contributed by atoms with Gasteiger partial charge in [0.25, 0.3) is 6.43 Å². The summed E-state index contributed by atoms with van der Waals surface area (Å²) in [6, 6.07) is 8.03. The van der Waals surface area contributed by atoms with E-state index >= 15 is 4.39 Å². The van der Waals surface area contributed by atoms with Gasteiger partial charge < -0.3 is 4.74 Å². The molecule has 0 amide bonds. The Morgan fingerprint density at radius 2 is 1.91 bits per heavy atom. The number of nitrogens with zero attached hydrogens (tertiary/aromatic N) is 1. The van der Waals surface area contributed by atoms with E-state index in [9.17, 15) is 21.6 Å². The maximum absolute atomic E-state index is 15.7. The van der Waals surface area contributed by atoms with Crippen LogP contribution in [0.1, 0.15) is 36.8 Å². The van der Waals surface area contributed by atoms with Crippen LogP contribution in [0.4, 0.5) is 17.6 Å². The first-order valence-corrected chi connectivity index (χ1v) is 13.4. The van der Waals surface area contributed by atoms with E-state index in [4.69, 9.17) is 4.74 Å². The molecule has 2 aliphatic heterocycles. The van der Waals surface area contributed by atoms with Crippen molar-refractivity contribution in [3.05, 3.63) is 59.4 Å². The molecule has 190 valence electrons. The van der Waals surface area contributed by atoms with Gasteiger partial charge in [-0.2, -0.15) is 0 Å². The highest BCUT2D eigenvalue weighted by Gasteiger charge is 2.60. The minimum absolute atomic E-state index is 0.0399. The summed E-state index contributed by atoms with van der Waals surface area (Å²) in [4.78, 5) is 2.14. The molecule has 2 heterocycles. The van der Waals surface area contributed by atoms with E-state index in [2.05, 4.69) is 9.62 Å². The summed E-state index contributed by atoms with van der Waals surface area (Å²) in [6.07, 6.45) is 0.102. The van der Waals surface area contributed by atoms with Crippen molar-refractivity contribution in [1.82, 2.24) is 9.62 Å². The summed E-state index contributed by atoms with van der Waals surface area (Å²) >= 11 is 0. The Balaban J connectivity index is 1.47. The molecule has 2 aromatic rings. The molecule has 2 saturated heterocycles. The summed E-state index contributed by atoms with van der Waals surface area (Å²) in [5, 5.41) is 0. The van der Waals surface area contributed by atoms with Crippen LogP contribution < -0.4 is 4.72 Å². The quantitative estimate of drug-likeness (QED) is 0.505. The normalized spacial score (nSPS) is 25.8. The molecule has 3 aliphatic rings. The summed E-state index contributed by atoms with van der Waals surface area (Å²) < 4.78 is 87.9. The first-order valence-electron chi connectivity index (χ1n) is 11.8. The number of nitrogens with one attached hydrogen (secondary N) is 1. The number of halogens is 4. The summed E-state index contributed by atoms with van der Waals surface area (Å²) in [7, 11) is -4.12. The van der Waals surface area contributed by atoms with Gasteiger partial charge in [-0.1, -0.05) is 36.4 Å². The summed E-state index contributed by atoms with van der Waals surface area (Å²) in [5.74, 6) is -0.525. The van der Waals surface area contributed by atoms with Crippen LogP contribution in [-0.2, 0) is 21.2 Å². The summed E-state index contributed by atoms with van der Waals surface area (Å²) in [6.45, 7) is 1.91. The van der Waals surface area contributed by atoms with Gasteiger partial charge in [-0.3, -0.25) is 4.90 Å². The molecule has 0 radical (unpaired) electrons. The minimum atomic E-state index is -4.12. The van der Waals surface area contributed by atoms with Crippen LogP contribution in [0.2, 0.25) is 0 Å². The fourth-order valence-electron chi connectivity index (χ4n) is 5.46. The van der Waals surface area contributed by atoms with E-state index in [-0.39, 0.29) is 35.1 Å². The lowest BCUT2D eigenvalue weighted by molar-refractivity contribution is -0.0689. The van der Waals surface area contributed by atoms with Gasteiger partial charge in [-0.15, -0.1) is 0 Å².